The third-order valence-electron chi connectivity index (χ3n) is 2.17. The zero-order valence-corrected chi connectivity index (χ0v) is 15.3. The predicted molar refractivity (Wildman–Crippen MR) is 63.4 cm³/mol. The molecule has 0 atom stereocenters. The van der Waals surface area contributed by atoms with Crippen LogP contribution in [0.5, 0.6) is 0 Å². The molecular weight excluding hydrogens is 389 g/mol. The molecule has 0 aliphatic heterocycles. The Hall–Kier alpha value is -1.28. The Labute approximate surface area is 140 Å². The number of carbonyl (C=O) groups is 4. The minimum atomic E-state index is -1.23. The first-order valence-corrected chi connectivity index (χ1v) is 5.52. The van der Waals surface area contributed by atoms with Crippen molar-refractivity contribution in [2.75, 3.05) is 39.3 Å². The molecule has 0 aromatic heterocycles. The maximum Gasteiger partial charge on any atom is 0.317 e. The van der Waals surface area contributed by atoms with E-state index < -0.39 is 50.1 Å². The van der Waals surface area contributed by atoms with E-state index in [0.29, 0.717) is 0 Å². The topological polar surface area (TPSA) is 156 Å². The van der Waals surface area contributed by atoms with Crippen molar-refractivity contribution in [3.63, 3.8) is 0 Å². The van der Waals surface area contributed by atoms with E-state index in [2.05, 4.69) is 0 Å². The molecule has 10 nitrogen and oxygen atoms in total. The van der Waals surface area contributed by atoms with Gasteiger partial charge in [0.1, 0.15) is 0 Å². The van der Waals surface area contributed by atoms with E-state index in [-0.39, 0.29) is 40.4 Å². The number of carboxylic acid groups (broad SMARTS) is 4. The van der Waals surface area contributed by atoms with Crippen LogP contribution in [0.1, 0.15) is 0 Å². The molecule has 0 heterocycles. The molecule has 0 fully saturated rings. The van der Waals surface area contributed by atoms with Crippen LogP contribution in [-0.4, -0.2) is 93.4 Å². The second-order valence-electron chi connectivity index (χ2n) is 4.00. The van der Waals surface area contributed by atoms with E-state index in [1.165, 1.54) is 0 Å². The van der Waals surface area contributed by atoms with Gasteiger partial charge in [0.15, 0.2) is 0 Å². The van der Waals surface area contributed by atoms with Crippen LogP contribution in [0, 0.1) is 0 Å². The summed E-state index contributed by atoms with van der Waals surface area (Å²) in [6.45, 7) is -2.25. The number of carboxylic acids is 4. The van der Waals surface area contributed by atoms with Gasteiger partial charge < -0.3 is 20.4 Å². The number of rotatable bonds is 11. The van der Waals surface area contributed by atoms with E-state index in [9.17, 15) is 19.2 Å². The van der Waals surface area contributed by atoms with Crippen molar-refractivity contribution in [1.29, 1.82) is 0 Å². The largest absolute Gasteiger partial charge is 0.480 e. The van der Waals surface area contributed by atoms with Gasteiger partial charge in [0, 0.05) is 40.4 Å². The Kier molecular flexibility index (Phi) is 11.9. The van der Waals surface area contributed by atoms with Crippen LogP contribution in [0.25, 0.3) is 0 Å². The van der Waals surface area contributed by atoms with Gasteiger partial charge in [-0.05, 0) is 0 Å². The number of hydrogen-bond acceptors (Lipinski definition) is 6. The Morgan fingerprint density at radius 3 is 0.905 bits per heavy atom. The van der Waals surface area contributed by atoms with E-state index in [0.717, 1.165) is 9.80 Å². The fourth-order valence-corrected chi connectivity index (χ4v) is 1.48. The molecule has 11 heteroatoms. The summed E-state index contributed by atoms with van der Waals surface area (Å²) in [5.41, 5.74) is 0. The minimum absolute atomic E-state index is 0. The molecule has 0 aliphatic rings. The average molecular weight is 405 g/mol. The van der Waals surface area contributed by atoms with Crippen LogP contribution in [0.4, 0.5) is 0 Å². The predicted octanol–water partition coefficient (Wildman–Crippen LogP) is -2.07. The van der Waals surface area contributed by atoms with E-state index >= 15 is 0 Å². The van der Waals surface area contributed by atoms with Gasteiger partial charge in [-0.25, -0.2) is 0 Å². The van der Waals surface area contributed by atoms with Crippen LogP contribution in [0.3, 0.4) is 0 Å². The second-order valence-corrected chi connectivity index (χ2v) is 4.00. The van der Waals surface area contributed by atoms with Crippen LogP contribution >= 0.6 is 0 Å². The van der Waals surface area contributed by atoms with Gasteiger partial charge in [0.25, 0.3) is 0 Å². The van der Waals surface area contributed by atoms with Crippen molar-refractivity contribution in [3.05, 3.63) is 0 Å². The van der Waals surface area contributed by atoms with Gasteiger partial charge in [-0.1, -0.05) is 0 Å². The Morgan fingerprint density at radius 1 is 0.571 bits per heavy atom. The van der Waals surface area contributed by atoms with Crippen molar-refractivity contribution in [2.45, 2.75) is 0 Å². The van der Waals surface area contributed by atoms with Crippen molar-refractivity contribution in [3.8, 4) is 0 Å². The first kappa shape index (κ1) is 22.0. The summed E-state index contributed by atoms with van der Waals surface area (Å²) < 4.78 is 0. The molecule has 0 unspecified atom stereocenters. The summed E-state index contributed by atoms with van der Waals surface area (Å²) in [5.74, 6) is -4.91. The molecule has 116 valence electrons. The second kappa shape index (κ2) is 11.4. The van der Waals surface area contributed by atoms with Gasteiger partial charge >= 0.3 is 23.9 Å². The van der Waals surface area contributed by atoms with Gasteiger partial charge in [0.05, 0.1) is 26.2 Å². The first-order valence-electron chi connectivity index (χ1n) is 5.52. The summed E-state index contributed by atoms with van der Waals surface area (Å²) in [6, 6.07) is 0. The molecule has 0 spiro atoms. The van der Waals surface area contributed by atoms with Crippen molar-refractivity contribution in [2.24, 2.45) is 0 Å². The first-order chi connectivity index (χ1) is 9.20. The quantitative estimate of drug-likeness (QED) is 0.282. The van der Waals surface area contributed by atoms with Crippen molar-refractivity contribution >= 4 is 23.9 Å². The molecule has 0 amide bonds. The Balaban J connectivity index is 0. The summed E-state index contributed by atoms with van der Waals surface area (Å²) in [7, 11) is 0. The number of hydrogen-bond donors (Lipinski definition) is 4. The van der Waals surface area contributed by atoms with E-state index in [4.69, 9.17) is 20.4 Å². The fraction of sp³-hybridized carbons (Fsp3) is 0.600. The smallest absolute Gasteiger partial charge is 0.317 e. The van der Waals surface area contributed by atoms with E-state index in [1.54, 1.807) is 0 Å². The van der Waals surface area contributed by atoms with Crippen LogP contribution in [0.15, 0.2) is 0 Å². The third kappa shape index (κ3) is 13.5. The molecule has 0 radical (unpaired) electrons. The molecule has 0 saturated carbocycles. The summed E-state index contributed by atoms with van der Waals surface area (Å²) in [5, 5.41) is 34.5. The molecule has 0 bridgehead atoms. The zero-order valence-electron chi connectivity index (χ0n) is 11.3. The molecule has 0 saturated heterocycles. The number of aliphatic carboxylic acids is 4. The third-order valence-corrected chi connectivity index (χ3v) is 2.17. The maximum absolute atomic E-state index is 10.6. The monoisotopic (exact) mass is 406 g/mol. The van der Waals surface area contributed by atoms with Gasteiger partial charge in [-0.15, -0.1) is 0 Å². The molecular formula is C10H16CdN2O8. The molecule has 0 aliphatic carbocycles. The maximum atomic E-state index is 10.6. The van der Waals surface area contributed by atoms with Gasteiger partial charge in [-0.3, -0.25) is 29.0 Å². The zero-order chi connectivity index (χ0) is 15.7. The molecule has 21 heavy (non-hydrogen) atoms. The average Bonchev–Trinajstić information content (AvgIpc) is 2.22. The van der Waals surface area contributed by atoms with Crippen LogP contribution < -0.4 is 0 Å². The summed E-state index contributed by atoms with van der Waals surface area (Å²) >= 11 is 0. The molecule has 0 rings (SSSR count). The SMILES string of the molecule is O=C(O)CN(CCN(CC(=O)O)CC(=O)O)CC(=O)O.[Cd]. The van der Waals surface area contributed by atoms with Gasteiger partial charge in [0.2, 0.25) is 0 Å². The Morgan fingerprint density at radius 2 is 0.762 bits per heavy atom. The van der Waals surface area contributed by atoms with Crippen LogP contribution in [-0.2, 0) is 46.5 Å². The normalized spacial score (nSPS) is 10.2. The standard InChI is InChI=1S/C10H16N2O8.Cd/c13-7(14)3-11(4-8(15)16)1-2-12(5-9(17)18)6-10(19)20;/h1-6H2,(H,13,14)(H,15,16)(H,17,18)(H,19,20);. The van der Waals surface area contributed by atoms with E-state index in [1.807, 2.05) is 0 Å². The molecule has 0 aromatic rings. The van der Waals surface area contributed by atoms with Crippen LogP contribution in [0.2, 0.25) is 0 Å². The Bertz CT molecular complexity index is 321. The van der Waals surface area contributed by atoms with Gasteiger partial charge in [-0.2, -0.15) is 0 Å². The summed E-state index contributed by atoms with van der Waals surface area (Å²) in [4.78, 5) is 44.4. The summed E-state index contributed by atoms with van der Waals surface area (Å²) in [6.07, 6.45) is 0. The molecule has 0 aromatic carbocycles. The minimum Gasteiger partial charge on any atom is -0.480 e. The fourth-order valence-electron chi connectivity index (χ4n) is 1.48. The number of nitrogens with zero attached hydrogens (tertiary/aromatic N) is 2. The van der Waals surface area contributed by atoms with Crippen molar-refractivity contribution in [1.82, 2.24) is 9.80 Å². The van der Waals surface area contributed by atoms with Crippen molar-refractivity contribution < 1.29 is 66.9 Å². The molecule has 4 N–H and O–H groups in total.